The van der Waals surface area contributed by atoms with Gasteiger partial charge < -0.3 is 20.1 Å². The summed E-state index contributed by atoms with van der Waals surface area (Å²) in [6.07, 6.45) is 2.63. The minimum atomic E-state index is -0.963. The van der Waals surface area contributed by atoms with Crippen molar-refractivity contribution >= 4 is 17.9 Å². The lowest BCUT2D eigenvalue weighted by molar-refractivity contribution is 0.0496. The van der Waals surface area contributed by atoms with Gasteiger partial charge in [0.2, 0.25) is 0 Å². The highest BCUT2D eigenvalue weighted by Crippen LogP contribution is 2.19. The van der Waals surface area contributed by atoms with Gasteiger partial charge in [0.05, 0.1) is 5.56 Å². The lowest BCUT2D eigenvalue weighted by Crippen LogP contribution is -2.46. The van der Waals surface area contributed by atoms with Crippen molar-refractivity contribution in [1.29, 1.82) is 0 Å². The fourth-order valence-electron chi connectivity index (χ4n) is 2.45. The first kappa shape index (κ1) is 17.1. The van der Waals surface area contributed by atoms with Gasteiger partial charge in [0.15, 0.2) is 0 Å². The molecule has 1 aromatic rings. The Labute approximate surface area is 135 Å². The van der Waals surface area contributed by atoms with E-state index < -0.39 is 17.7 Å². The summed E-state index contributed by atoms with van der Waals surface area (Å²) in [6.45, 7) is 6.90. The van der Waals surface area contributed by atoms with E-state index in [1.165, 1.54) is 12.3 Å². The standard InChI is InChI=1S/C16H23N3O4/c1-16(2,3)23-15(22)18-12-5-8-19(9-6-12)13-10-11(14(20)21)4-7-17-13/h4,7,10,12H,5-6,8-9H2,1-3H3,(H,18,22)(H,20,21). The third-order valence-electron chi connectivity index (χ3n) is 3.53. The smallest absolute Gasteiger partial charge is 0.407 e. The summed E-state index contributed by atoms with van der Waals surface area (Å²) in [5.41, 5.74) is -0.282. The summed E-state index contributed by atoms with van der Waals surface area (Å²) in [7, 11) is 0. The molecule has 126 valence electrons. The molecule has 1 aliphatic heterocycles. The van der Waals surface area contributed by atoms with Gasteiger partial charge in [0, 0.05) is 25.3 Å². The number of piperidine rings is 1. The molecule has 0 radical (unpaired) electrons. The van der Waals surface area contributed by atoms with E-state index in [9.17, 15) is 9.59 Å². The molecule has 2 heterocycles. The van der Waals surface area contributed by atoms with Crippen molar-refractivity contribution in [2.24, 2.45) is 0 Å². The summed E-state index contributed by atoms with van der Waals surface area (Å²) in [5.74, 6) is -0.309. The molecule has 0 bridgehead atoms. The Kier molecular flexibility index (Phi) is 5.08. The number of alkyl carbamates (subject to hydrolysis) is 1. The second-order valence-corrected chi connectivity index (χ2v) is 6.62. The number of carbonyl (C=O) groups excluding carboxylic acids is 1. The van der Waals surface area contributed by atoms with Crippen LogP contribution >= 0.6 is 0 Å². The molecule has 1 saturated heterocycles. The molecular weight excluding hydrogens is 298 g/mol. The number of hydrogen-bond acceptors (Lipinski definition) is 5. The van der Waals surface area contributed by atoms with Gasteiger partial charge in [-0.25, -0.2) is 14.6 Å². The number of aromatic carboxylic acids is 1. The lowest BCUT2D eigenvalue weighted by atomic mass is 10.1. The SMILES string of the molecule is CC(C)(C)OC(=O)NC1CCN(c2cc(C(=O)O)ccn2)CC1. The van der Waals surface area contributed by atoms with Gasteiger partial charge >= 0.3 is 12.1 Å². The van der Waals surface area contributed by atoms with E-state index in [4.69, 9.17) is 9.84 Å². The first-order valence-corrected chi connectivity index (χ1v) is 7.68. The molecular formula is C16H23N3O4. The van der Waals surface area contributed by atoms with Crippen LogP contribution in [-0.2, 0) is 4.74 Å². The van der Waals surface area contributed by atoms with Gasteiger partial charge in [0.25, 0.3) is 0 Å². The van der Waals surface area contributed by atoms with Crippen molar-refractivity contribution in [3.8, 4) is 0 Å². The fourth-order valence-corrected chi connectivity index (χ4v) is 2.45. The van der Waals surface area contributed by atoms with Crippen LogP contribution in [0, 0.1) is 0 Å². The number of amides is 1. The van der Waals surface area contributed by atoms with Crippen LogP contribution in [0.25, 0.3) is 0 Å². The zero-order valence-corrected chi connectivity index (χ0v) is 13.7. The first-order valence-electron chi connectivity index (χ1n) is 7.68. The molecule has 7 nitrogen and oxygen atoms in total. The van der Waals surface area contributed by atoms with Gasteiger partial charge in [-0.1, -0.05) is 0 Å². The van der Waals surface area contributed by atoms with E-state index >= 15 is 0 Å². The van der Waals surface area contributed by atoms with Crippen molar-refractivity contribution in [3.05, 3.63) is 23.9 Å². The van der Waals surface area contributed by atoms with E-state index in [1.807, 2.05) is 25.7 Å². The molecule has 0 atom stereocenters. The van der Waals surface area contributed by atoms with Gasteiger partial charge in [-0.2, -0.15) is 0 Å². The molecule has 0 unspecified atom stereocenters. The number of hydrogen-bond donors (Lipinski definition) is 2. The Hall–Kier alpha value is -2.31. The molecule has 23 heavy (non-hydrogen) atoms. The molecule has 0 aliphatic carbocycles. The number of aromatic nitrogens is 1. The summed E-state index contributed by atoms with van der Waals surface area (Å²) in [4.78, 5) is 29.0. The second-order valence-electron chi connectivity index (χ2n) is 6.62. The maximum atomic E-state index is 11.8. The van der Waals surface area contributed by atoms with E-state index in [0.29, 0.717) is 18.9 Å². The van der Waals surface area contributed by atoms with Crippen LogP contribution < -0.4 is 10.2 Å². The molecule has 1 fully saturated rings. The van der Waals surface area contributed by atoms with Crippen LogP contribution in [0.1, 0.15) is 44.0 Å². The Balaban J connectivity index is 1.88. The number of ether oxygens (including phenoxy) is 1. The van der Waals surface area contributed by atoms with Crippen molar-refractivity contribution in [1.82, 2.24) is 10.3 Å². The molecule has 0 saturated carbocycles. The van der Waals surface area contributed by atoms with Crippen LogP contribution in [0.4, 0.5) is 10.6 Å². The van der Waals surface area contributed by atoms with Crippen molar-refractivity contribution in [3.63, 3.8) is 0 Å². The average molecular weight is 321 g/mol. The van der Waals surface area contributed by atoms with Crippen LogP contribution in [0.2, 0.25) is 0 Å². The molecule has 2 rings (SSSR count). The van der Waals surface area contributed by atoms with Gasteiger partial charge in [-0.05, 0) is 45.7 Å². The molecule has 2 N–H and O–H groups in total. The van der Waals surface area contributed by atoms with Crippen LogP contribution in [0.15, 0.2) is 18.3 Å². The number of nitrogens with zero attached hydrogens (tertiary/aromatic N) is 2. The highest BCUT2D eigenvalue weighted by molar-refractivity contribution is 5.88. The van der Waals surface area contributed by atoms with Crippen molar-refractivity contribution in [2.45, 2.75) is 45.3 Å². The third kappa shape index (κ3) is 5.12. The number of rotatable bonds is 3. The Morgan fingerprint density at radius 2 is 2.00 bits per heavy atom. The lowest BCUT2D eigenvalue weighted by Gasteiger charge is -2.33. The third-order valence-corrected chi connectivity index (χ3v) is 3.53. The number of anilines is 1. The molecule has 7 heteroatoms. The maximum Gasteiger partial charge on any atom is 0.407 e. The molecule has 1 amide bonds. The maximum absolute atomic E-state index is 11.8. The minimum Gasteiger partial charge on any atom is -0.478 e. The number of carbonyl (C=O) groups is 2. The Morgan fingerprint density at radius 1 is 1.35 bits per heavy atom. The number of pyridine rings is 1. The predicted octanol–water partition coefficient (Wildman–Crippen LogP) is 2.27. The monoisotopic (exact) mass is 321 g/mol. The Bertz CT molecular complexity index is 575. The van der Waals surface area contributed by atoms with Crippen LogP contribution in [0.3, 0.4) is 0 Å². The van der Waals surface area contributed by atoms with Crippen molar-refractivity contribution < 1.29 is 19.4 Å². The predicted molar refractivity (Wildman–Crippen MR) is 85.8 cm³/mol. The first-order chi connectivity index (χ1) is 10.7. The van der Waals surface area contributed by atoms with E-state index in [1.54, 1.807) is 6.07 Å². The summed E-state index contributed by atoms with van der Waals surface area (Å²) in [6, 6.07) is 3.11. The summed E-state index contributed by atoms with van der Waals surface area (Å²) >= 11 is 0. The normalized spacial score (nSPS) is 16.0. The van der Waals surface area contributed by atoms with Gasteiger partial charge in [-0.3, -0.25) is 0 Å². The van der Waals surface area contributed by atoms with Crippen molar-refractivity contribution in [2.75, 3.05) is 18.0 Å². The molecule has 1 aromatic heterocycles. The summed E-state index contributed by atoms with van der Waals surface area (Å²) < 4.78 is 5.25. The van der Waals surface area contributed by atoms with E-state index in [0.717, 1.165) is 12.8 Å². The molecule has 0 aromatic carbocycles. The number of carboxylic acids is 1. The van der Waals surface area contributed by atoms with Crippen LogP contribution in [0.5, 0.6) is 0 Å². The second kappa shape index (κ2) is 6.85. The van der Waals surface area contributed by atoms with E-state index in [-0.39, 0.29) is 11.6 Å². The molecule has 1 aliphatic rings. The Morgan fingerprint density at radius 3 is 2.57 bits per heavy atom. The average Bonchev–Trinajstić information content (AvgIpc) is 2.46. The fraction of sp³-hybridized carbons (Fsp3) is 0.562. The number of carboxylic acid groups (broad SMARTS) is 1. The largest absolute Gasteiger partial charge is 0.478 e. The van der Waals surface area contributed by atoms with Gasteiger partial charge in [0.1, 0.15) is 11.4 Å². The minimum absolute atomic E-state index is 0.0590. The zero-order valence-electron chi connectivity index (χ0n) is 13.7. The zero-order chi connectivity index (χ0) is 17.0. The number of nitrogens with one attached hydrogen (secondary N) is 1. The quantitative estimate of drug-likeness (QED) is 0.887. The highest BCUT2D eigenvalue weighted by atomic mass is 16.6. The highest BCUT2D eigenvalue weighted by Gasteiger charge is 2.24. The van der Waals surface area contributed by atoms with Crippen LogP contribution in [-0.4, -0.2) is 46.9 Å². The van der Waals surface area contributed by atoms with Gasteiger partial charge in [-0.15, -0.1) is 0 Å². The topological polar surface area (TPSA) is 91.8 Å². The van der Waals surface area contributed by atoms with E-state index in [2.05, 4.69) is 10.3 Å². The molecule has 0 spiro atoms. The summed E-state index contributed by atoms with van der Waals surface area (Å²) in [5, 5.41) is 11.9.